The van der Waals surface area contributed by atoms with Crippen LogP contribution in [0.25, 0.3) is 0 Å². The number of amides is 1. The van der Waals surface area contributed by atoms with Gasteiger partial charge in [-0.15, -0.1) is 0 Å². The van der Waals surface area contributed by atoms with Gasteiger partial charge in [-0.3, -0.25) is 9.52 Å². The van der Waals surface area contributed by atoms with Crippen molar-refractivity contribution in [1.29, 1.82) is 0 Å². The van der Waals surface area contributed by atoms with Crippen molar-refractivity contribution in [3.63, 3.8) is 0 Å². The molecular weight excluding hydrogens is 480 g/mol. The van der Waals surface area contributed by atoms with Gasteiger partial charge in [0.15, 0.2) is 17.3 Å². The lowest BCUT2D eigenvalue weighted by Crippen LogP contribution is -2.26. The van der Waals surface area contributed by atoms with E-state index >= 15 is 0 Å². The zero-order valence-corrected chi connectivity index (χ0v) is 19.8. The minimum Gasteiger partial charge on any atom is -0.416 e. The lowest BCUT2D eigenvalue weighted by Gasteiger charge is -2.10. The standard InChI is InChI=1S/C24H25F2N3O5S/c1-35(31,32)29-22-19(25)11-15(12-20(22)26)9-10-27-23(30)21-14-33-24(28-21)34-18-8-4-7-17(13-18)16-5-2-3-6-16/h4,7-8,11-14,16,29H,2-3,5-6,9-10H2,1H3,(H,27,30). The quantitative estimate of drug-likeness (QED) is 0.434. The number of ether oxygens (including phenoxy) is 1. The average molecular weight is 506 g/mol. The molecule has 2 N–H and O–H groups in total. The van der Waals surface area contributed by atoms with Crippen LogP contribution in [-0.4, -0.2) is 32.1 Å². The van der Waals surface area contributed by atoms with Crippen molar-refractivity contribution in [3.05, 3.63) is 71.1 Å². The second-order valence-electron chi connectivity index (χ2n) is 8.47. The van der Waals surface area contributed by atoms with E-state index in [-0.39, 0.29) is 30.3 Å². The van der Waals surface area contributed by atoms with Crippen molar-refractivity contribution in [3.8, 4) is 11.8 Å². The van der Waals surface area contributed by atoms with E-state index < -0.39 is 33.3 Å². The largest absolute Gasteiger partial charge is 0.416 e. The maximum Gasteiger partial charge on any atom is 0.399 e. The first-order valence-electron chi connectivity index (χ1n) is 11.2. The Kier molecular flexibility index (Phi) is 7.34. The molecule has 0 spiro atoms. The fraction of sp³-hybridized carbons (Fsp3) is 0.333. The van der Waals surface area contributed by atoms with Crippen LogP contribution in [0.15, 0.2) is 47.1 Å². The molecule has 0 bridgehead atoms. The lowest BCUT2D eigenvalue weighted by molar-refractivity contribution is 0.0949. The number of hydrogen-bond acceptors (Lipinski definition) is 6. The van der Waals surface area contributed by atoms with Crippen molar-refractivity contribution in [2.45, 2.75) is 38.0 Å². The minimum atomic E-state index is -3.83. The van der Waals surface area contributed by atoms with E-state index in [1.165, 1.54) is 18.4 Å². The molecule has 3 aromatic rings. The van der Waals surface area contributed by atoms with E-state index in [0.29, 0.717) is 11.7 Å². The zero-order chi connectivity index (χ0) is 25.0. The smallest absolute Gasteiger partial charge is 0.399 e. The summed E-state index contributed by atoms with van der Waals surface area (Å²) in [5.74, 6) is -1.54. The summed E-state index contributed by atoms with van der Waals surface area (Å²) in [7, 11) is -3.83. The van der Waals surface area contributed by atoms with Crippen LogP contribution in [0, 0.1) is 11.6 Å². The number of halogens is 2. The Hall–Kier alpha value is -3.47. The number of carbonyl (C=O) groups excluding carboxylic acids is 1. The summed E-state index contributed by atoms with van der Waals surface area (Å²) in [4.78, 5) is 16.4. The van der Waals surface area contributed by atoms with Crippen LogP contribution in [0.2, 0.25) is 0 Å². The molecule has 1 heterocycles. The average Bonchev–Trinajstić information content (AvgIpc) is 3.48. The predicted octanol–water partition coefficient (Wildman–Crippen LogP) is 4.75. The van der Waals surface area contributed by atoms with Gasteiger partial charge in [0.05, 0.1) is 6.26 Å². The van der Waals surface area contributed by atoms with E-state index in [1.807, 2.05) is 12.1 Å². The van der Waals surface area contributed by atoms with Gasteiger partial charge in [0, 0.05) is 6.54 Å². The Bertz CT molecular complexity index is 1300. The fourth-order valence-electron chi connectivity index (χ4n) is 4.06. The summed E-state index contributed by atoms with van der Waals surface area (Å²) in [6, 6.07) is 9.74. The molecule has 2 aromatic carbocycles. The molecule has 4 rings (SSSR count). The molecular formula is C24H25F2N3O5S. The van der Waals surface area contributed by atoms with Gasteiger partial charge >= 0.3 is 6.08 Å². The number of anilines is 1. The maximum atomic E-state index is 14.1. The highest BCUT2D eigenvalue weighted by Gasteiger charge is 2.19. The molecule has 1 amide bonds. The summed E-state index contributed by atoms with van der Waals surface area (Å²) in [5.41, 5.74) is 0.699. The molecule has 1 aliphatic rings. The molecule has 1 aliphatic carbocycles. The number of hydrogen-bond donors (Lipinski definition) is 2. The number of aromatic nitrogens is 1. The topological polar surface area (TPSA) is 111 Å². The Balaban J connectivity index is 1.31. The second-order valence-corrected chi connectivity index (χ2v) is 10.2. The third-order valence-corrected chi connectivity index (χ3v) is 6.27. The molecule has 35 heavy (non-hydrogen) atoms. The molecule has 0 radical (unpaired) electrons. The molecule has 1 saturated carbocycles. The fourth-order valence-corrected chi connectivity index (χ4v) is 4.63. The number of benzene rings is 2. The van der Waals surface area contributed by atoms with Crippen molar-refractivity contribution in [2.24, 2.45) is 0 Å². The van der Waals surface area contributed by atoms with Crippen LogP contribution < -0.4 is 14.8 Å². The van der Waals surface area contributed by atoms with Crippen molar-refractivity contribution < 1.29 is 31.1 Å². The van der Waals surface area contributed by atoms with Crippen LogP contribution in [0.5, 0.6) is 11.8 Å². The van der Waals surface area contributed by atoms with Gasteiger partial charge in [0.25, 0.3) is 5.91 Å². The van der Waals surface area contributed by atoms with Crippen molar-refractivity contribution in [1.82, 2.24) is 10.3 Å². The number of oxazole rings is 1. The molecule has 1 aromatic heterocycles. The normalized spacial score (nSPS) is 14.1. The van der Waals surface area contributed by atoms with Crippen LogP contribution in [0.1, 0.15) is 53.2 Å². The third-order valence-electron chi connectivity index (χ3n) is 5.69. The first-order chi connectivity index (χ1) is 16.7. The predicted molar refractivity (Wildman–Crippen MR) is 125 cm³/mol. The van der Waals surface area contributed by atoms with E-state index in [4.69, 9.17) is 9.15 Å². The van der Waals surface area contributed by atoms with E-state index in [9.17, 15) is 22.0 Å². The zero-order valence-electron chi connectivity index (χ0n) is 19.0. The minimum absolute atomic E-state index is 0.00277. The highest BCUT2D eigenvalue weighted by atomic mass is 32.2. The monoisotopic (exact) mass is 505 g/mol. The summed E-state index contributed by atoms with van der Waals surface area (Å²) in [6.07, 6.45) is 6.76. The molecule has 11 heteroatoms. The molecule has 1 fully saturated rings. The highest BCUT2D eigenvalue weighted by molar-refractivity contribution is 7.92. The third kappa shape index (κ3) is 6.56. The van der Waals surface area contributed by atoms with Crippen LogP contribution >= 0.6 is 0 Å². The molecule has 0 atom stereocenters. The SMILES string of the molecule is CS(=O)(=O)Nc1c(F)cc(CCNC(=O)c2coc(Oc3cccc(C4CCCC4)c3)n2)cc1F. The van der Waals surface area contributed by atoms with Gasteiger partial charge in [-0.1, -0.05) is 25.0 Å². The summed E-state index contributed by atoms with van der Waals surface area (Å²) in [6.45, 7) is 0.0586. The van der Waals surface area contributed by atoms with Crippen LogP contribution in [0.3, 0.4) is 0 Å². The van der Waals surface area contributed by atoms with Gasteiger partial charge in [-0.2, -0.15) is 4.98 Å². The van der Waals surface area contributed by atoms with E-state index in [1.54, 1.807) is 10.8 Å². The lowest BCUT2D eigenvalue weighted by atomic mass is 9.98. The number of nitrogens with zero attached hydrogens (tertiary/aromatic N) is 1. The second kappa shape index (κ2) is 10.4. The molecule has 0 unspecified atom stereocenters. The number of carbonyl (C=O) groups is 1. The molecule has 186 valence electrons. The first kappa shape index (κ1) is 24.6. The Morgan fingerprint density at radius 3 is 2.57 bits per heavy atom. The van der Waals surface area contributed by atoms with Crippen molar-refractivity contribution >= 4 is 21.6 Å². The van der Waals surface area contributed by atoms with Crippen LogP contribution in [-0.2, 0) is 16.4 Å². The van der Waals surface area contributed by atoms with Gasteiger partial charge in [0.2, 0.25) is 10.0 Å². The molecule has 0 aliphatic heterocycles. The Morgan fingerprint density at radius 1 is 1.17 bits per heavy atom. The first-order valence-corrected chi connectivity index (χ1v) is 13.0. The molecule has 8 nitrogen and oxygen atoms in total. The number of nitrogens with one attached hydrogen (secondary N) is 2. The van der Waals surface area contributed by atoms with Crippen molar-refractivity contribution in [2.75, 3.05) is 17.5 Å². The van der Waals surface area contributed by atoms with E-state index in [0.717, 1.165) is 37.5 Å². The summed E-state index contributed by atoms with van der Waals surface area (Å²) < 4.78 is 63.4. The Labute approximate surface area is 201 Å². The van der Waals surface area contributed by atoms with Crippen LogP contribution in [0.4, 0.5) is 14.5 Å². The number of sulfonamides is 1. The Morgan fingerprint density at radius 2 is 1.89 bits per heavy atom. The van der Waals surface area contributed by atoms with Gasteiger partial charge in [-0.05, 0) is 60.6 Å². The van der Waals surface area contributed by atoms with Gasteiger partial charge < -0.3 is 14.5 Å². The maximum absolute atomic E-state index is 14.1. The summed E-state index contributed by atoms with van der Waals surface area (Å²) >= 11 is 0. The highest BCUT2D eigenvalue weighted by Crippen LogP contribution is 2.35. The summed E-state index contributed by atoms with van der Waals surface area (Å²) in [5, 5.41) is 2.59. The number of rotatable bonds is 9. The van der Waals surface area contributed by atoms with Gasteiger partial charge in [-0.25, -0.2) is 17.2 Å². The molecule has 0 saturated heterocycles. The van der Waals surface area contributed by atoms with Gasteiger partial charge in [0.1, 0.15) is 17.7 Å². The van der Waals surface area contributed by atoms with E-state index in [2.05, 4.69) is 16.4 Å².